The van der Waals surface area contributed by atoms with E-state index in [1.807, 2.05) is 9.80 Å². The van der Waals surface area contributed by atoms with Gasteiger partial charge in [-0.15, -0.1) is 0 Å². The molecule has 1 atom stereocenters. The summed E-state index contributed by atoms with van der Waals surface area (Å²) in [7, 11) is -4.02. The van der Waals surface area contributed by atoms with Gasteiger partial charge in [0.05, 0.1) is 6.54 Å². The van der Waals surface area contributed by atoms with Crippen LogP contribution in [0, 0.1) is 11.6 Å². The van der Waals surface area contributed by atoms with E-state index in [1.54, 1.807) is 0 Å². The van der Waals surface area contributed by atoms with Gasteiger partial charge in [0.25, 0.3) is 0 Å². The van der Waals surface area contributed by atoms with E-state index in [1.165, 1.54) is 4.31 Å². The summed E-state index contributed by atoms with van der Waals surface area (Å²) in [5.74, 6) is -1.82. The standard InChI is InChI=1S/C19H27F2N3O3S/c1-2-16-5-3-4-8-24(16)19(25)14-22-9-11-23(12-10-22)28(26,27)18-7-6-15(20)13-17(18)21/h6-7,13,16H,2-5,8-12,14H2,1H3/t16-/m0/s1. The van der Waals surface area contributed by atoms with Crippen LogP contribution in [0.4, 0.5) is 8.78 Å². The molecule has 28 heavy (non-hydrogen) atoms. The van der Waals surface area contributed by atoms with Crippen LogP contribution < -0.4 is 0 Å². The maximum absolute atomic E-state index is 13.9. The summed E-state index contributed by atoms with van der Waals surface area (Å²) < 4.78 is 53.5. The van der Waals surface area contributed by atoms with E-state index in [4.69, 9.17) is 0 Å². The molecule has 0 aromatic heterocycles. The van der Waals surface area contributed by atoms with Crippen molar-refractivity contribution in [3.63, 3.8) is 0 Å². The summed E-state index contributed by atoms with van der Waals surface area (Å²) in [6.07, 6.45) is 4.16. The number of carbonyl (C=O) groups excluding carboxylic acids is 1. The van der Waals surface area contributed by atoms with Crippen LogP contribution >= 0.6 is 0 Å². The predicted octanol–water partition coefficient (Wildman–Crippen LogP) is 2.06. The van der Waals surface area contributed by atoms with Crippen LogP contribution in [0.2, 0.25) is 0 Å². The average Bonchev–Trinajstić information content (AvgIpc) is 2.68. The number of rotatable bonds is 5. The molecule has 2 heterocycles. The van der Waals surface area contributed by atoms with Gasteiger partial charge in [0, 0.05) is 44.8 Å². The third kappa shape index (κ3) is 4.52. The van der Waals surface area contributed by atoms with Crippen molar-refractivity contribution >= 4 is 15.9 Å². The normalized spacial score (nSPS) is 22.4. The number of nitrogens with zero attached hydrogens (tertiary/aromatic N) is 3. The number of hydrogen-bond donors (Lipinski definition) is 0. The first kappa shape index (κ1) is 21.1. The quantitative estimate of drug-likeness (QED) is 0.739. The number of likely N-dealkylation sites (tertiary alicyclic amines) is 1. The van der Waals surface area contributed by atoms with Gasteiger partial charge in [0.15, 0.2) is 0 Å². The summed E-state index contributed by atoms with van der Waals surface area (Å²) in [6, 6.07) is 2.76. The van der Waals surface area contributed by atoms with Gasteiger partial charge in [-0.2, -0.15) is 4.31 Å². The molecule has 0 saturated carbocycles. The lowest BCUT2D eigenvalue weighted by Crippen LogP contribution is -2.53. The maximum Gasteiger partial charge on any atom is 0.246 e. The summed E-state index contributed by atoms with van der Waals surface area (Å²) >= 11 is 0. The first-order valence-electron chi connectivity index (χ1n) is 9.80. The molecule has 1 aromatic carbocycles. The monoisotopic (exact) mass is 415 g/mol. The number of piperazine rings is 1. The Labute approximate surface area is 165 Å². The highest BCUT2D eigenvalue weighted by atomic mass is 32.2. The highest BCUT2D eigenvalue weighted by Gasteiger charge is 2.32. The first-order valence-corrected chi connectivity index (χ1v) is 11.2. The lowest BCUT2D eigenvalue weighted by molar-refractivity contribution is -0.136. The number of carbonyl (C=O) groups is 1. The third-order valence-corrected chi connectivity index (χ3v) is 7.55. The summed E-state index contributed by atoms with van der Waals surface area (Å²) in [6.45, 7) is 4.30. The smallest absolute Gasteiger partial charge is 0.246 e. The molecule has 2 aliphatic heterocycles. The van der Waals surface area contributed by atoms with Crippen molar-refractivity contribution in [1.82, 2.24) is 14.1 Å². The van der Waals surface area contributed by atoms with E-state index < -0.39 is 26.6 Å². The fourth-order valence-electron chi connectivity index (χ4n) is 3.99. The van der Waals surface area contributed by atoms with Gasteiger partial charge in [-0.3, -0.25) is 9.69 Å². The van der Waals surface area contributed by atoms with Crippen molar-refractivity contribution in [3.05, 3.63) is 29.8 Å². The molecular weight excluding hydrogens is 388 g/mol. The minimum absolute atomic E-state index is 0.0902. The van der Waals surface area contributed by atoms with Crippen LogP contribution in [0.1, 0.15) is 32.6 Å². The number of halogens is 2. The number of benzene rings is 1. The van der Waals surface area contributed by atoms with Crippen LogP contribution in [-0.2, 0) is 14.8 Å². The highest BCUT2D eigenvalue weighted by molar-refractivity contribution is 7.89. The Morgan fingerprint density at radius 2 is 1.82 bits per heavy atom. The lowest BCUT2D eigenvalue weighted by Gasteiger charge is -2.38. The fourth-order valence-corrected chi connectivity index (χ4v) is 5.45. The Bertz CT molecular complexity index is 811. The van der Waals surface area contributed by atoms with Gasteiger partial charge in [-0.25, -0.2) is 17.2 Å². The molecule has 0 unspecified atom stereocenters. The number of hydrogen-bond acceptors (Lipinski definition) is 4. The fraction of sp³-hybridized carbons (Fsp3) is 0.632. The van der Waals surface area contributed by atoms with Gasteiger partial charge in [0.1, 0.15) is 16.5 Å². The molecule has 2 saturated heterocycles. The van der Waals surface area contributed by atoms with Gasteiger partial charge in [0.2, 0.25) is 15.9 Å². The molecule has 1 amide bonds. The van der Waals surface area contributed by atoms with Crippen LogP contribution in [-0.4, -0.2) is 73.7 Å². The minimum atomic E-state index is -4.02. The molecular formula is C19H27F2N3O3S. The van der Waals surface area contributed by atoms with Crippen molar-refractivity contribution in [1.29, 1.82) is 0 Å². The molecule has 6 nitrogen and oxygen atoms in total. The van der Waals surface area contributed by atoms with Crippen molar-refractivity contribution in [2.24, 2.45) is 0 Å². The highest BCUT2D eigenvalue weighted by Crippen LogP contribution is 2.22. The maximum atomic E-state index is 13.9. The van der Waals surface area contributed by atoms with E-state index in [0.29, 0.717) is 25.2 Å². The van der Waals surface area contributed by atoms with Gasteiger partial charge in [-0.05, 0) is 37.8 Å². The average molecular weight is 416 g/mol. The topological polar surface area (TPSA) is 60.9 Å². The Kier molecular flexibility index (Phi) is 6.67. The second kappa shape index (κ2) is 8.84. The van der Waals surface area contributed by atoms with Crippen molar-refractivity contribution in [2.45, 2.75) is 43.5 Å². The summed E-state index contributed by atoms with van der Waals surface area (Å²) in [5, 5.41) is 0. The second-order valence-electron chi connectivity index (χ2n) is 7.40. The van der Waals surface area contributed by atoms with Gasteiger partial charge < -0.3 is 4.90 Å². The van der Waals surface area contributed by atoms with Gasteiger partial charge in [-0.1, -0.05) is 6.92 Å². The van der Waals surface area contributed by atoms with E-state index in [2.05, 4.69) is 6.92 Å². The van der Waals surface area contributed by atoms with Crippen molar-refractivity contribution in [3.8, 4) is 0 Å². The zero-order valence-electron chi connectivity index (χ0n) is 16.1. The number of sulfonamides is 1. The van der Waals surface area contributed by atoms with Crippen LogP contribution in [0.3, 0.4) is 0 Å². The lowest BCUT2D eigenvalue weighted by atomic mass is 10.00. The molecule has 2 fully saturated rings. The molecule has 2 aliphatic rings. The number of amides is 1. The molecule has 156 valence electrons. The van der Waals surface area contributed by atoms with E-state index in [9.17, 15) is 22.0 Å². The summed E-state index contributed by atoms with van der Waals surface area (Å²) in [4.78, 5) is 16.1. The zero-order chi connectivity index (χ0) is 20.3. The molecule has 0 bridgehead atoms. The van der Waals surface area contributed by atoms with E-state index >= 15 is 0 Å². The van der Waals surface area contributed by atoms with Crippen molar-refractivity contribution < 1.29 is 22.0 Å². The SMILES string of the molecule is CC[C@H]1CCCCN1C(=O)CN1CCN(S(=O)(=O)c2ccc(F)cc2F)CC1. The Morgan fingerprint density at radius 1 is 1.11 bits per heavy atom. The molecule has 1 aromatic rings. The van der Waals surface area contributed by atoms with Crippen LogP contribution in [0.25, 0.3) is 0 Å². The molecule has 9 heteroatoms. The third-order valence-electron chi connectivity index (χ3n) is 5.62. The second-order valence-corrected chi connectivity index (χ2v) is 9.31. The zero-order valence-corrected chi connectivity index (χ0v) is 16.9. The number of piperidine rings is 1. The Balaban J connectivity index is 1.59. The van der Waals surface area contributed by atoms with E-state index in [-0.39, 0.29) is 25.5 Å². The van der Waals surface area contributed by atoms with Gasteiger partial charge >= 0.3 is 0 Å². The Hall–Kier alpha value is -1.58. The van der Waals surface area contributed by atoms with Crippen LogP contribution in [0.5, 0.6) is 0 Å². The largest absolute Gasteiger partial charge is 0.339 e. The molecule has 0 aliphatic carbocycles. The van der Waals surface area contributed by atoms with E-state index in [0.717, 1.165) is 44.4 Å². The molecule has 0 spiro atoms. The molecule has 0 radical (unpaired) electrons. The molecule has 0 N–H and O–H groups in total. The van der Waals surface area contributed by atoms with Crippen LogP contribution in [0.15, 0.2) is 23.1 Å². The molecule has 3 rings (SSSR count). The summed E-state index contributed by atoms with van der Waals surface area (Å²) in [5.41, 5.74) is 0. The Morgan fingerprint density at radius 3 is 2.46 bits per heavy atom. The minimum Gasteiger partial charge on any atom is -0.339 e. The first-order chi connectivity index (χ1) is 13.3. The predicted molar refractivity (Wildman–Crippen MR) is 101 cm³/mol. The van der Waals surface area contributed by atoms with Crippen molar-refractivity contribution in [2.75, 3.05) is 39.3 Å².